The van der Waals surface area contributed by atoms with Crippen LogP contribution in [0, 0.1) is 0 Å². The van der Waals surface area contributed by atoms with Crippen LogP contribution < -0.4 is 20.9 Å². The Morgan fingerprint density at radius 2 is 2.04 bits per heavy atom. The van der Waals surface area contributed by atoms with E-state index in [4.69, 9.17) is 0 Å². The summed E-state index contributed by atoms with van der Waals surface area (Å²) in [4.78, 5) is 22.8. The molecule has 27 heavy (non-hydrogen) atoms. The number of hydrogen-bond donors (Lipinski definition) is 3. The first-order valence-corrected chi connectivity index (χ1v) is 9.03. The average molecular weight is 366 g/mol. The van der Waals surface area contributed by atoms with Gasteiger partial charge in [0.1, 0.15) is 5.82 Å². The molecule has 0 spiro atoms. The van der Waals surface area contributed by atoms with Crippen molar-refractivity contribution in [2.24, 2.45) is 4.99 Å². The standard InChI is InChI=1S/C20H26N6O/c1-21-20(23-13-15-7-6-10-18(24-15)26(2)3)22-12-14-11-19(27)25-17-9-5-4-8-16(14)17/h4-10,14H,11-13H2,1-3H3,(H,25,27)(H2,21,22,23). The number of hydrogen-bond acceptors (Lipinski definition) is 4. The van der Waals surface area contributed by atoms with Gasteiger partial charge in [-0.1, -0.05) is 24.3 Å². The van der Waals surface area contributed by atoms with Gasteiger partial charge in [0, 0.05) is 45.7 Å². The predicted molar refractivity (Wildman–Crippen MR) is 109 cm³/mol. The Morgan fingerprint density at radius 1 is 1.22 bits per heavy atom. The normalized spacial score (nSPS) is 16.3. The monoisotopic (exact) mass is 366 g/mol. The van der Waals surface area contributed by atoms with Crippen LogP contribution in [0.4, 0.5) is 11.5 Å². The predicted octanol–water partition coefficient (Wildman–Crippen LogP) is 1.94. The third-order valence-corrected chi connectivity index (χ3v) is 4.53. The van der Waals surface area contributed by atoms with Gasteiger partial charge in [0.2, 0.25) is 5.91 Å². The summed E-state index contributed by atoms with van der Waals surface area (Å²) in [6, 6.07) is 13.9. The fourth-order valence-electron chi connectivity index (χ4n) is 3.11. The lowest BCUT2D eigenvalue weighted by atomic mass is 9.90. The first-order valence-electron chi connectivity index (χ1n) is 9.03. The first kappa shape index (κ1) is 18.7. The van der Waals surface area contributed by atoms with Gasteiger partial charge < -0.3 is 20.9 Å². The van der Waals surface area contributed by atoms with Crippen molar-refractivity contribution in [1.82, 2.24) is 15.6 Å². The third kappa shape index (κ3) is 4.75. The highest BCUT2D eigenvalue weighted by Gasteiger charge is 2.24. The molecule has 2 aromatic rings. The van der Waals surface area contributed by atoms with Crippen LogP contribution in [0.3, 0.4) is 0 Å². The van der Waals surface area contributed by atoms with Crippen LogP contribution in [0.25, 0.3) is 0 Å². The van der Waals surface area contributed by atoms with Crippen molar-refractivity contribution in [2.75, 3.05) is 37.9 Å². The number of nitrogens with zero attached hydrogens (tertiary/aromatic N) is 3. The van der Waals surface area contributed by atoms with E-state index >= 15 is 0 Å². The van der Waals surface area contributed by atoms with Crippen LogP contribution in [-0.4, -0.2) is 44.5 Å². The molecule has 1 amide bonds. The van der Waals surface area contributed by atoms with Crippen molar-refractivity contribution in [3.05, 3.63) is 53.7 Å². The number of guanidine groups is 1. The molecule has 3 rings (SSSR count). The van der Waals surface area contributed by atoms with Gasteiger partial charge in [0.05, 0.1) is 12.2 Å². The molecule has 0 saturated carbocycles. The summed E-state index contributed by atoms with van der Waals surface area (Å²) in [6.45, 7) is 1.21. The number of carbonyl (C=O) groups is 1. The minimum Gasteiger partial charge on any atom is -0.363 e. The summed E-state index contributed by atoms with van der Waals surface area (Å²) in [5.74, 6) is 1.77. The van der Waals surface area contributed by atoms with Crippen molar-refractivity contribution in [3.63, 3.8) is 0 Å². The molecule has 1 aromatic carbocycles. The Kier molecular flexibility index (Phi) is 5.90. The SMILES string of the molecule is CN=C(NCc1cccc(N(C)C)n1)NCC1CC(=O)Nc2ccccc21. The Balaban J connectivity index is 1.59. The van der Waals surface area contributed by atoms with Gasteiger partial charge in [-0.2, -0.15) is 0 Å². The molecular formula is C20H26N6O. The number of anilines is 2. The summed E-state index contributed by atoms with van der Waals surface area (Å²) in [7, 11) is 5.68. The minimum absolute atomic E-state index is 0.0492. The second-order valence-corrected chi connectivity index (χ2v) is 6.72. The molecule has 2 heterocycles. The lowest BCUT2D eigenvalue weighted by Gasteiger charge is -2.26. The van der Waals surface area contributed by atoms with E-state index in [9.17, 15) is 4.79 Å². The zero-order valence-corrected chi connectivity index (χ0v) is 16.0. The lowest BCUT2D eigenvalue weighted by molar-refractivity contribution is -0.116. The second-order valence-electron chi connectivity index (χ2n) is 6.72. The van der Waals surface area contributed by atoms with E-state index in [0.29, 0.717) is 25.5 Å². The fourth-order valence-corrected chi connectivity index (χ4v) is 3.11. The first-order chi connectivity index (χ1) is 13.1. The Hall–Kier alpha value is -3.09. The highest BCUT2D eigenvalue weighted by Crippen LogP contribution is 2.31. The summed E-state index contributed by atoms with van der Waals surface area (Å²) in [6.07, 6.45) is 0.466. The van der Waals surface area contributed by atoms with Crippen LogP contribution in [0.1, 0.15) is 23.6 Å². The van der Waals surface area contributed by atoms with Crippen LogP contribution in [0.15, 0.2) is 47.5 Å². The molecule has 0 bridgehead atoms. The number of carbonyl (C=O) groups excluding carboxylic acids is 1. The van der Waals surface area contributed by atoms with Crippen molar-refractivity contribution in [3.8, 4) is 0 Å². The molecule has 3 N–H and O–H groups in total. The number of nitrogens with one attached hydrogen (secondary N) is 3. The molecule has 142 valence electrons. The van der Waals surface area contributed by atoms with Gasteiger partial charge >= 0.3 is 0 Å². The van der Waals surface area contributed by atoms with Crippen molar-refractivity contribution in [1.29, 1.82) is 0 Å². The Labute approximate surface area is 159 Å². The maximum absolute atomic E-state index is 12.0. The van der Waals surface area contributed by atoms with Crippen molar-refractivity contribution in [2.45, 2.75) is 18.9 Å². The zero-order chi connectivity index (χ0) is 19.2. The maximum atomic E-state index is 12.0. The van der Waals surface area contributed by atoms with Crippen molar-refractivity contribution < 1.29 is 4.79 Å². The molecule has 1 atom stereocenters. The van der Waals surface area contributed by atoms with Gasteiger partial charge in [-0.3, -0.25) is 9.79 Å². The molecule has 1 aliphatic heterocycles. The maximum Gasteiger partial charge on any atom is 0.225 e. The van der Waals surface area contributed by atoms with Crippen LogP contribution >= 0.6 is 0 Å². The molecule has 0 fully saturated rings. The largest absolute Gasteiger partial charge is 0.363 e. The molecule has 1 aromatic heterocycles. The quantitative estimate of drug-likeness (QED) is 0.557. The van der Waals surface area contributed by atoms with Crippen LogP contribution in [-0.2, 0) is 11.3 Å². The van der Waals surface area contributed by atoms with E-state index in [1.165, 1.54) is 0 Å². The molecular weight excluding hydrogens is 340 g/mol. The van der Waals surface area contributed by atoms with Gasteiger partial charge in [0.25, 0.3) is 0 Å². The molecule has 1 aliphatic rings. The average Bonchev–Trinajstić information content (AvgIpc) is 2.68. The molecule has 0 radical (unpaired) electrons. The Bertz CT molecular complexity index is 833. The Morgan fingerprint density at radius 3 is 2.81 bits per heavy atom. The van der Waals surface area contributed by atoms with Crippen LogP contribution in [0.2, 0.25) is 0 Å². The molecule has 0 aliphatic carbocycles. The zero-order valence-electron chi connectivity index (χ0n) is 16.0. The minimum atomic E-state index is 0.0492. The van der Waals surface area contributed by atoms with E-state index in [0.717, 1.165) is 22.8 Å². The molecule has 7 heteroatoms. The van der Waals surface area contributed by atoms with Gasteiger partial charge in [-0.05, 0) is 23.8 Å². The highest BCUT2D eigenvalue weighted by molar-refractivity contribution is 5.94. The number of amides is 1. The van der Waals surface area contributed by atoms with E-state index < -0.39 is 0 Å². The smallest absolute Gasteiger partial charge is 0.225 e. The number of aliphatic imine (C=N–C) groups is 1. The molecule has 1 unspecified atom stereocenters. The van der Waals surface area contributed by atoms with E-state index in [2.05, 4.69) is 32.0 Å². The third-order valence-electron chi connectivity index (χ3n) is 4.53. The van der Waals surface area contributed by atoms with E-state index in [1.54, 1.807) is 7.05 Å². The summed E-state index contributed by atoms with van der Waals surface area (Å²) in [5, 5.41) is 9.54. The van der Waals surface area contributed by atoms with E-state index in [1.807, 2.05) is 55.4 Å². The molecule has 0 saturated heterocycles. The summed E-state index contributed by atoms with van der Waals surface area (Å²) < 4.78 is 0. The molecule has 7 nitrogen and oxygen atoms in total. The van der Waals surface area contributed by atoms with E-state index in [-0.39, 0.29) is 11.8 Å². The number of pyridine rings is 1. The summed E-state index contributed by atoms with van der Waals surface area (Å²) >= 11 is 0. The highest BCUT2D eigenvalue weighted by atomic mass is 16.1. The number of aromatic nitrogens is 1. The van der Waals surface area contributed by atoms with Gasteiger partial charge in [-0.15, -0.1) is 0 Å². The second kappa shape index (κ2) is 8.53. The fraction of sp³-hybridized carbons (Fsp3) is 0.350. The number of rotatable bonds is 5. The number of fused-ring (bicyclic) bond motifs is 1. The summed E-state index contributed by atoms with van der Waals surface area (Å²) in [5.41, 5.74) is 2.99. The van der Waals surface area contributed by atoms with Gasteiger partial charge in [0.15, 0.2) is 5.96 Å². The number of para-hydroxylation sites is 1. The number of benzene rings is 1. The van der Waals surface area contributed by atoms with Crippen LogP contribution in [0.5, 0.6) is 0 Å². The van der Waals surface area contributed by atoms with Gasteiger partial charge in [-0.25, -0.2) is 4.98 Å². The topological polar surface area (TPSA) is 81.7 Å². The lowest BCUT2D eigenvalue weighted by Crippen LogP contribution is -2.40. The van der Waals surface area contributed by atoms with Crippen molar-refractivity contribution >= 4 is 23.4 Å².